The van der Waals surface area contributed by atoms with Gasteiger partial charge in [0.2, 0.25) is 0 Å². The highest BCUT2D eigenvalue weighted by Gasteiger charge is 2.20. The molecule has 0 fully saturated rings. The first kappa shape index (κ1) is 16.0. The lowest BCUT2D eigenvalue weighted by Gasteiger charge is -2.23. The van der Waals surface area contributed by atoms with Crippen LogP contribution in [0.15, 0.2) is 46.9 Å². The van der Waals surface area contributed by atoms with Crippen molar-refractivity contribution in [2.24, 2.45) is 0 Å². The van der Waals surface area contributed by atoms with E-state index < -0.39 is 0 Å². The van der Waals surface area contributed by atoms with Gasteiger partial charge in [-0.3, -0.25) is 0 Å². The summed E-state index contributed by atoms with van der Waals surface area (Å²) >= 11 is 3.58. The van der Waals surface area contributed by atoms with E-state index in [0.717, 1.165) is 28.6 Å². The Morgan fingerprint density at radius 3 is 2.62 bits per heavy atom. The Hall–Kier alpha value is -1.39. The van der Waals surface area contributed by atoms with Crippen molar-refractivity contribution in [2.45, 2.75) is 19.4 Å². The van der Waals surface area contributed by atoms with Gasteiger partial charge < -0.3 is 10.1 Å². The van der Waals surface area contributed by atoms with Crippen molar-refractivity contribution in [1.29, 1.82) is 0 Å². The Labute approximate surface area is 133 Å². The van der Waals surface area contributed by atoms with E-state index in [1.54, 1.807) is 13.2 Å². The van der Waals surface area contributed by atoms with Gasteiger partial charge in [-0.2, -0.15) is 0 Å². The molecule has 0 radical (unpaired) electrons. The molecule has 0 saturated heterocycles. The molecule has 0 bridgehead atoms. The molecule has 0 amide bonds. The Bertz CT molecular complexity index is 603. The SMILES string of the molecule is CCCNC(c1ccccc1Br)c1cc(F)ccc1OC. The topological polar surface area (TPSA) is 21.3 Å². The zero-order chi connectivity index (χ0) is 15.2. The number of rotatable bonds is 6. The van der Waals surface area contributed by atoms with Gasteiger partial charge in [0.25, 0.3) is 0 Å². The third-order valence-electron chi connectivity index (χ3n) is 3.32. The van der Waals surface area contributed by atoms with Crippen LogP contribution in [0.3, 0.4) is 0 Å². The second-order valence-corrected chi connectivity index (χ2v) is 5.65. The van der Waals surface area contributed by atoms with E-state index in [0.29, 0.717) is 5.75 Å². The van der Waals surface area contributed by atoms with Crippen LogP contribution in [0.5, 0.6) is 5.75 Å². The van der Waals surface area contributed by atoms with Crippen LogP contribution in [0.4, 0.5) is 4.39 Å². The van der Waals surface area contributed by atoms with Crippen molar-refractivity contribution in [3.05, 3.63) is 63.9 Å². The van der Waals surface area contributed by atoms with Gasteiger partial charge in [0.05, 0.1) is 13.2 Å². The average Bonchev–Trinajstić information content (AvgIpc) is 2.49. The first-order valence-corrected chi connectivity index (χ1v) is 7.78. The fourth-order valence-corrected chi connectivity index (χ4v) is 2.83. The largest absolute Gasteiger partial charge is 0.496 e. The summed E-state index contributed by atoms with van der Waals surface area (Å²) in [7, 11) is 1.60. The molecule has 1 N–H and O–H groups in total. The molecule has 1 unspecified atom stereocenters. The lowest BCUT2D eigenvalue weighted by atomic mass is 9.97. The van der Waals surface area contributed by atoms with Gasteiger partial charge in [0.1, 0.15) is 11.6 Å². The maximum absolute atomic E-state index is 13.7. The van der Waals surface area contributed by atoms with Gasteiger partial charge in [-0.05, 0) is 42.8 Å². The molecule has 0 heterocycles. The Balaban J connectivity index is 2.50. The second-order valence-electron chi connectivity index (χ2n) is 4.79. The minimum absolute atomic E-state index is 0.119. The molecule has 2 aromatic carbocycles. The van der Waals surface area contributed by atoms with Crippen LogP contribution < -0.4 is 10.1 Å². The highest BCUT2D eigenvalue weighted by atomic mass is 79.9. The molecular weight excluding hydrogens is 333 g/mol. The molecule has 4 heteroatoms. The fourth-order valence-electron chi connectivity index (χ4n) is 2.32. The molecular formula is C17H19BrFNO. The number of hydrogen-bond donors (Lipinski definition) is 1. The van der Waals surface area contributed by atoms with Gasteiger partial charge in [-0.1, -0.05) is 41.1 Å². The Morgan fingerprint density at radius 2 is 1.95 bits per heavy atom. The number of benzene rings is 2. The van der Waals surface area contributed by atoms with E-state index in [1.165, 1.54) is 12.1 Å². The van der Waals surface area contributed by atoms with E-state index in [-0.39, 0.29) is 11.9 Å². The van der Waals surface area contributed by atoms with Crippen LogP contribution in [-0.4, -0.2) is 13.7 Å². The highest BCUT2D eigenvalue weighted by molar-refractivity contribution is 9.10. The fraction of sp³-hybridized carbons (Fsp3) is 0.294. The van der Waals surface area contributed by atoms with Crippen LogP contribution in [0.1, 0.15) is 30.5 Å². The van der Waals surface area contributed by atoms with Gasteiger partial charge in [-0.25, -0.2) is 4.39 Å². The molecule has 2 aromatic rings. The Kier molecular flexibility index (Phi) is 5.76. The van der Waals surface area contributed by atoms with Crippen LogP contribution in [0.2, 0.25) is 0 Å². The predicted molar refractivity (Wildman–Crippen MR) is 87.2 cm³/mol. The summed E-state index contributed by atoms with van der Waals surface area (Å²) in [5.74, 6) is 0.418. The quantitative estimate of drug-likeness (QED) is 0.815. The molecule has 0 saturated carbocycles. The van der Waals surface area contributed by atoms with E-state index in [4.69, 9.17) is 4.74 Å². The standard InChI is InChI=1S/C17H19BrFNO/c1-3-10-20-17(13-6-4-5-7-15(13)18)14-11-12(19)8-9-16(14)21-2/h4-9,11,17,20H,3,10H2,1-2H3. The second kappa shape index (κ2) is 7.57. The first-order valence-electron chi connectivity index (χ1n) is 6.98. The molecule has 0 aliphatic carbocycles. The van der Waals surface area contributed by atoms with Crippen LogP contribution >= 0.6 is 15.9 Å². The number of methoxy groups -OCH3 is 1. The van der Waals surface area contributed by atoms with Crippen molar-refractivity contribution in [3.8, 4) is 5.75 Å². The monoisotopic (exact) mass is 351 g/mol. The van der Waals surface area contributed by atoms with Crippen molar-refractivity contribution in [1.82, 2.24) is 5.32 Å². The number of hydrogen-bond acceptors (Lipinski definition) is 2. The van der Waals surface area contributed by atoms with E-state index >= 15 is 0 Å². The van der Waals surface area contributed by atoms with Gasteiger partial charge in [0, 0.05) is 10.0 Å². The molecule has 2 nitrogen and oxygen atoms in total. The lowest BCUT2D eigenvalue weighted by molar-refractivity contribution is 0.402. The molecule has 2 rings (SSSR count). The molecule has 112 valence electrons. The van der Waals surface area contributed by atoms with Crippen LogP contribution in [0.25, 0.3) is 0 Å². The normalized spacial score (nSPS) is 12.2. The molecule has 0 spiro atoms. The van der Waals surface area contributed by atoms with Crippen molar-refractivity contribution >= 4 is 15.9 Å². The van der Waals surface area contributed by atoms with Crippen LogP contribution in [-0.2, 0) is 0 Å². The molecule has 1 atom stereocenters. The Morgan fingerprint density at radius 1 is 1.19 bits per heavy atom. The van der Waals surface area contributed by atoms with Gasteiger partial charge >= 0.3 is 0 Å². The average molecular weight is 352 g/mol. The minimum Gasteiger partial charge on any atom is -0.496 e. The molecule has 0 aromatic heterocycles. The number of nitrogens with one attached hydrogen (secondary N) is 1. The summed E-state index contributed by atoms with van der Waals surface area (Å²) in [4.78, 5) is 0. The lowest BCUT2D eigenvalue weighted by Crippen LogP contribution is -2.24. The third kappa shape index (κ3) is 3.83. The third-order valence-corrected chi connectivity index (χ3v) is 4.04. The summed E-state index contributed by atoms with van der Waals surface area (Å²) in [6.07, 6.45) is 0.999. The van der Waals surface area contributed by atoms with Crippen molar-refractivity contribution in [3.63, 3.8) is 0 Å². The number of halogens is 2. The van der Waals surface area contributed by atoms with E-state index in [9.17, 15) is 4.39 Å². The van der Waals surface area contributed by atoms with E-state index in [2.05, 4.69) is 28.2 Å². The summed E-state index contributed by atoms with van der Waals surface area (Å²) in [6.45, 7) is 2.94. The van der Waals surface area contributed by atoms with Crippen LogP contribution in [0, 0.1) is 5.82 Å². The van der Waals surface area contributed by atoms with Crippen molar-refractivity contribution in [2.75, 3.05) is 13.7 Å². The zero-order valence-corrected chi connectivity index (χ0v) is 13.8. The first-order chi connectivity index (χ1) is 10.2. The summed E-state index contributed by atoms with van der Waals surface area (Å²) < 4.78 is 20.1. The highest BCUT2D eigenvalue weighted by Crippen LogP contribution is 2.34. The van der Waals surface area contributed by atoms with Crippen molar-refractivity contribution < 1.29 is 9.13 Å². The predicted octanol–water partition coefficient (Wildman–Crippen LogP) is 4.69. The maximum atomic E-state index is 13.7. The van der Waals surface area contributed by atoms with Gasteiger partial charge in [0.15, 0.2) is 0 Å². The summed E-state index contributed by atoms with van der Waals surface area (Å²) in [5, 5.41) is 3.47. The maximum Gasteiger partial charge on any atom is 0.124 e. The number of ether oxygens (including phenoxy) is 1. The summed E-state index contributed by atoms with van der Waals surface area (Å²) in [6, 6.07) is 12.5. The summed E-state index contributed by atoms with van der Waals surface area (Å²) in [5.41, 5.74) is 1.87. The van der Waals surface area contributed by atoms with E-state index in [1.807, 2.05) is 24.3 Å². The molecule has 21 heavy (non-hydrogen) atoms. The smallest absolute Gasteiger partial charge is 0.124 e. The van der Waals surface area contributed by atoms with Gasteiger partial charge in [-0.15, -0.1) is 0 Å². The molecule has 0 aliphatic rings. The molecule has 0 aliphatic heterocycles. The minimum atomic E-state index is -0.263. The zero-order valence-electron chi connectivity index (χ0n) is 12.2.